The molecule has 96 valence electrons. The highest BCUT2D eigenvalue weighted by Crippen LogP contribution is 2.28. The summed E-state index contributed by atoms with van der Waals surface area (Å²) in [5.41, 5.74) is 7.51. The largest absolute Gasteiger partial charge is 0.484 e. The molecule has 1 aromatic carbocycles. The lowest BCUT2D eigenvalue weighted by Crippen LogP contribution is -2.18. The summed E-state index contributed by atoms with van der Waals surface area (Å²) < 4.78 is 19.0. The molecule has 0 saturated heterocycles. The van der Waals surface area contributed by atoms with Gasteiger partial charge in [0.05, 0.1) is 0 Å². The van der Waals surface area contributed by atoms with E-state index in [1.165, 1.54) is 11.6 Å². The van der Waals surface area contributed by atoms with Crippen molar-refractivity contribution in [3.05, 3.63) is 51.5 Å². The summed E-state index contributed by atoms with van der Waals surface area (Å²) in [7, 11) is 0. The predicted octanol–water partition coefficient (Wildman–Crippen LogP) is 3.58. The highest BCUT2D eigenvalue weighted by molar-refractivity contribution is 7.10. The molecular formula is C14H16FNOS. The molecule has 2 rings (SSSR count). The number of benzene rings is 1. The van der Waals surface area contributed by atoms with E-state index in [9.17, 15) is 4.39 Å². The van der Waals surface area contributed by atoms with Crippen LogP contribution in [0, 0.1) is 19.7 Å². The standard InChI is InChI=1S/C14H16FNOS/c1-9-5-6-18-14(9)13(8-16)17-11-3-4-12(15)10(2)7-11/h3-7,13H,8,16H2,1-2H3. The molecule has 1 aromatic heterocycles. The fourth-order valence-electron chi connectivity index (χ4n) is 1.78. The first-order chi connectivity index (χ1) is 8.61. The van der Waals surface area contributed by atoms with Crippen LogP contribution in [0.4, 0.5) is 4.39 Å². The van der Waals surface area contributed by atoms with E-state index in [1.54, 1.807) is 30.4 Å². The number of thiophene rings is 1. The maximum atomic E-state index is 13.2. The Balaban J connectivity index is 2.20. The van der Waals surface area contributed by atoms with Crippen molar-refractivity contribution >= 4 is 11.3 Å². The number of rotatable bonds is 4. The van der Waals surface area contributed by atoms with Gasteiger partial charge in [-0.2, -0.15) is 0 Å². The van der Waals surface area contributed by atoms with Gasteiger partial charge in [0, 0.05) is 11.4 Å². The smallest absolute Gasteiger partial charge is 0.145 e. The molecule has 1 unspecified atom stereocenters. The molecule has 2 N–H and O–H groups in total. The summed E-state index contributed by atoms with van der Waals surface area (Å²) in [5.74, 6) is 0.427. The highest BCUT2D eigenvalue weighted by atomic mass is 32.1. The van der Waals surface area contributed by atoms with Gasteiger partial charge in [0.15, 0.2) is 0 Å². The minimum absolute atomic E-state index is 0.171. The second kappa shape index (κ2) is 5.50. The Morgan fingerprint density at radius 1 is 1.28 bits per heavy atom. The molecule has 0 amide bonds. The molecule has 4 heteroatoms. The lowest BCUT2D eigenvalue weighted by Gasteiger charge is -2.17. The third kappa shape index (κ3) is 2.71. The Labute approximate surface area is 110 Å². The fraction of sp³-hybridized carbons (Fsp3) is 0.286. The van der Waals surface area contributed by atoms with E-state index in [2.05, 4.69) is 0 Å². The first-order valence-electron chi connectivity index (χ1n) is 5.78. The van der Waals surface area contributed by atoms with E-state index in [0.29, 0.717) is 17.9 Å². The zero-order valence-electron chi connectivity index (χ0n) is 10.4. The van der Waals surface area contributed by atoms with E-state index < -0.39 is 0 Å². The summed E-state index contributed by atoms with van der Waals surface area (Å²) >= 11 is 1.63. The van der Waals surface area contributed by atoms with E-state index in [4.69, 9.17) is 10.5 Å². The van der Waals surface area contributed by atoms with Crippen LogP contribution < -0.4 is 10.5 Å². The van der Waals surface area contributed by atoms with Crippen molar-refractivity contribution in [2.45, 2.75) is 20.0 Å². The number of aryl methyl sites for hydroxylation is 2. The molecule has 0 saturated carbocycles. The first kappa shape index (κ1) is 13.1. The molecule has 0 fully saturated rings. The van der Waals surface area contributed by atoms with Crippen LogP contribution in [0.1, 0.15) is 22.1 Å². The minimum Gasteiger partial charge on any atom is -0.484 e. The lowest BCUT2D eigenvalue weighted by atomic mass is 10.2. The first-order valence-corrected chi connectivity index (χ1v) is 6.66. The summed E-state index contributed by atoms with van der Waals surface area (Å²) in [6.45, 7) is 4.15. The van der Waals surface area contributed by atoms with Crippen LogP contribution in [0.2, 0.25) is 0 Å². The van der Waals surface area contributed by atoms with Crippen LogP contribution in [0.3, 0.4) is 0 Å². The Kier molecular flexibility index (Phi) is 3.99. The second-order valence-corrected chi connectivity index (χ2v) is 5.17. The maximum Gasteiger partial charge on any atom is 0.145 e. The van der Waals surface area contributed by atoms with Crippen molar-refractivity contribution in [3.8, 4) is 5.75 Å². The molecule has 2 aromatic rings. The Bertz CT molecular complexity index is 538. The highest BCUT2D eigenvalue weighted by Gasteiger charge is 2.15. The van der Waals surface area contributed by atoms with Crippen LogP contribution in [-0.2, 0) is 0 Å². The van der Waals surface area contributed by atoms with Gasteiger partial charge in [-0.15, -0.1) is 11.3 Å². The van der Waals surface area contributed by atoms with Crippen LogP contribution in [0.5, 0.6) is 5.75 Å². The molecule has 1 heterocycles. The van der Waals surface area contributed by atoms with Gasteiger partial charge in [0.1, 0.15) is 17.7 Å². The molecule has 0 spiro atoms. The van der Waals surface area contributed by atoms with Gasteiger partial charge in [0.25, 0.3) is 0 Å². The summed E-state index contributed by atoms with van der Waals surface area (Å²) in [5, 5.41) is 2.02. The fourth-order valence-corrected chi connectivity index (χ4v) is 2.75. The van der Waals surface area contributed by atoms with Gasteiger partial charge in [-0.3, -0.25) is 0 Å². The maximum absolute atomic E-state index is 13.2. The van der Waals surface area contributed by atoms with Gasteiger partial charge in [-0.25, -0.2) is 4.39 Å². The molecule has 18 heavy (non-hydrogen) atoms. The summed E-state index contributed by atoms with van der Waals surface area (Å²) in [4.78, 5) is 1.12. The van der Waals surface area contributed by atoms with E-state index in [-0.39, 0.29) is 11.9 Å². The molecule has 0 bridgehead atoms. The zero-order chi connectivity index (χ0) is 13.1. The van der Waals surface area contributed by atoms with Crippen molar-refractivity contribution in [1.82, 2.24) is 0 Å². The van der Waals surface area contributed by atoms with Crippen molar-refractivity contribution in [2.24, 2.45) is 5.73 Å². The number of ether oxygens (including phenoxy) is 1. The van der Waals surface area contributed by atoms with Crippen molar-refractivity contribution < 1.29 is 9.13 Å². The van der Waals surface area contributed by atoms with E-state index in [0.717, 1.165) is 4.88 Å². The Hall–Kier alpha value is -1.39. The van der Waals surface area contributed by atoms with Crippen molar-refractivity contribution in [1.29, 1.82) is 0 Å². The Morgan fingerprint density at radius 3 is 2.61 bits per heavy atom. The van der Waals surface area contributed by atoms with Crippen LogP contribution in [0.25, 0.3) is 0 Å². The van der Waals surface area contributed by atoms with Gasteiger partial charge in [-0.1, -0.05) is 0 Å². The predicted molar refractivity (Wildman–Crippen MR) is 72.6 cm³/mol. The minimum atomic E-state index is -0.223. The molecule has 0 aliphatic heterocycles. The third-order valence-electron chi connectivity index (χ3n) is 2.82. The average molecular weight is 265 g/mol. The summed E-state index contributed by atoms with van der Waals surface area (Å²) in [6, 6.07) is 6.79. The molecule has 0 aliphatic rings. The number of nitrogens with two attached hydrogens (primary N) is 1. The van der Waals surface area contributed by atoms with Crippen molar-refractivity contribution in [3.63, 3.8) is 0 Å². The van der Waals surface area contributed by atoms with Crippen LogP contribution >= 0.6 is 11.3 Å². The summed E-state index contributed by atoms with van der Waals surface area (Å²) in [6.07, 6.45) is -0.171. The molecular weight excluding hydrogens is 249 g/mol. The average Bonchev–Trinajstić information content (AvgIpc) is 2.77. The molecule has 0 aliphatic carbocycles. The zero-order valence-corrected chi connectivity index (χ0v) is 11.3. The SMILES string of the molecule is Cc1cc(OC(CN)c2sccc2C)ccc1F. The third-order valence-corrected chi connectivity index (χ3v) is 3.93. The number of halogens is 1. The monoisotopic (exact) mass is 265 g/mol. The number of hydrogen-bond acceptors (Lipinski definition) is 3. The van der Waals surface area contributed by atoms with Crippen molar-refractivity contribution in [2.75, 3.05) is 6.54 Å². The normalized spacial score (nSPS) is 12.4. The van der Waals surface area contributed by atoms with Gasteiger partial charge >= 0.3 is 0 Å². The van der Waals surface area contributed by atoms with Crippen LogP contribution in [-0.4, -0.2) is 6.54 Å². The topological polar surface area (TPSA) is 35.2 Å². The lowest BCUT2D eigenvalue weighted by molar-refractivity contribution is 0.217. The van der Waals surface area contributed by atoms with E-state index >= 15 is 0 Å². The van der Waals surface area contributed by atoms with E-state index in [1.807, 2.05) is 18.4 Å². The van der Waals surface area contributed by atoms with Gasteiger partial charge in [-0.05, 0) is 54.6 Å². The second-order valence-electron chi connectivity index (χ2n) is 4.22. The quantitative estimate of drug-likeness (QED) is 0.917. The molecule has 1 atom stereocenters. The van der Waals surface area contributed by atoms with Crippen LogP contribution in [0.15, 0.2) is 29.6 Å². The number of hydrogen-bond donors (Lipinski definition) is 1. The molecule has 2 nitrogen and oxygen atoms in total. The molecule has 0 radical (unpaired) electrons. The van der Waals surface area contributed by atoms with Gasteiger partial charge in [0.2, 0.25) is 0 Å². The Morgan fingerprint density at radius 2 is 2.06 bits per heavy atom. The van der Waals surface area contributed by atoms with Gasteiger partial charge < -0.3 is 10.5 Å².